The van der Waals surface area contributed by atoms with E-state index < -0.39 is 16.0 Å². The minimum Gasteiger partial charge on any atom is -0.489 e. The Labute approximate surface area is 221 Å². The van der Waals surface area contributed by atoms with Crippen LogP contribution in [0.2, 0.25) is 0 Å². The highest BCUT2D eigenvalue weighted by Crippen LogP contribution is 2.36. The predicted molar refractivity (Wildman–Crippen MR) is 139 cm³/mol. The molecule has 3 rings (SSSR count). The predicted octanol–water partition coefficient (Wildman–Crippen LogP) is 2.41. The van der Waals surface area contributed by atoms with Gasteiger partial charge in [0.25, 0.3) is 5.88 Å². The molecule has 0 bridgehead atoms. The number of carbonyl (C=O) groups excluding carboxylic acids is 1. The maximum absolute atomic E-state index is 11.7. The fourth-order valence-corrected chi connectivity index (χ4v) is 3.99. The molecular formula is C23H34N6O8S. The molecule has 1 saturated heterocycles. The zero-order valence-corrected chi connectivity index (χ0v) is 22.9. The van der Waals surface area contributed by atoms with E-state index in [-0.39, 0.29) is 36.3 Å². The number of hydroxylamine groups is 2. The van der Waals surface area contributed by atoms with Crippen molar-refractivity contribution in [3.8, 4) is 17.5 Å². The van der Waals surface area contributed by atoms with Crippen molar-refractivity contribution in [3.63, 3.8) is 0 Å². The summed E-state index contributed by atoms with van der Waals surface area (Å²) in [4.78, 5) is 29.8. The molecule has 2 N–H and O–H groups in total. The van der Waals surface area contributed by atoms with Crippen LogP contribution in [0.4, 0.5) is 22.1 Å². The lowest BCUT2D eigenvalue weighted by Gasteiger charge is -2.30. The molecule has 1 aliphatic heterocycles. The third-order valence-electron chi connectivity index (χ3n) is 5.28. The van der Waals surface area contributed by atoms with Crippen molar-refractivity contribution in [3.05, 3.63) is 18.5 Å². The van der Waals surface area contributed by atoms with Crippen molar-refractivity contribution >= 4 is 33.3 Å². The zero-order valence-electron chi connectivity index (χ0n) is 22.1. The summed E-state index contributed by atoms with van der Waals surface area (Å²) in [7, 11) is -0.140. The summed E-state index contributed by atoms with van der Waals surface area (Å²) in [5.74, 6) is 1.60. The summed E-state index contributed by atoms with van der Waals surface area (Å²) in [6.45, 7) is 4.68. The molecule has 0 aliphatic carbocycles. The first-order valence-corrected chi connectivity index (χ1v) is 14.1. The smallest absolute Gasteiger partial charge is 0.489 e. The van der Waals surface area contributed by atoms with Crippen LogP contribution in [0, 0.1) is 0 Å². The molecule has 0 unspecified atom stereocenters. The summed E-state index contributed by atoms with van der Waals surface area (Å²) in [5, 5.41) is 7.63. The normalized spacial score (nSPS) is 14.6. The lowest BCUT2D eigenvalue weighted by Crippen LogP contribution is -2.40. The number of piperidine rings is 1. The third kappa shape index (κ3) is 8.76. The number of methoxy groups -OCH3 is 2. The average molecular weight is 555 g/mol. The molecule has 0 amide bonds. The Morgan fingerprint density at radius 1 is 1.13 bits per heavy atom. The fraction of sp³-hybridized carbons (Fsp3) is 0.565. The number of sulfone groups is 1. The van der Waals surface area contributed by atoms with Gasteiger partial charge in [0.2, 0.25) is 11.6 Å². The summed E-state index contributed by atoms with van der Waals surface area (Å²) in [5.41, 5.74) is 0.503. The van der Waals surface area contributed by atoms with Crippen LogP contribution in [0.25, 0.3) is 0 Å². The van der Waals surface area contributed by atoms with Gasteiger partial charge in [-0.05, 0) is 26.0 Å². The topological polar surface area (TPSA) is 163 Å². The molecule has 0 atom stereocenters. The highest BCUT2D eigenvalue weighted by molar-refractivity contribution is 7.90. The van der Waals surface area contributed by atoms with Crippen molar-refractivity contribution in [2.45, 2.75) is 38.9 Å². The Kier molecular flexibility index (Phi) is 10.1. The molecular weight excluding hydrogens is 520 g/mol. The average Bonchev–Trinajstić information content (AvgIpc) is 2.85. The monoisotopic (exact) mass is 554 g/mol. The SMILES string of the molecule is COc1nc(NCCS(C)(=O)=O)ccc1Nc1ncnc(OC2CCN(OC(=O)OC(C)C)CC2)c1OC. The molecule has 0 radical (unpaired) electrons. The Balaban J connectivity index is 1.64. The minimum absolute atomic E-state index is 0.0192. The van der Waals surface area contributed by atoms with E-state index in [9.17, 15) is 13.2 Å². The third-order valence-corrected chi connectivity index (χ3v) is 6.22. The first-order chi connectivity index (χ1) is 18.1. The number of hydrogen-bond donors (Lipinski definition) is 2. The van der Waals surface area contributed by atoms with Crippen LogP contribution in [-0.4, -0.2) is 92.7 Å². The van der Waals surface area contributed by atoms with Gasteiger partial charge >= 0.3 is 6.16 Å². The summed E-state index contributed by atoms with van der Waals surface area (Å²) >= 11 is 0. The van der Waals surface area contributed by atoms with Gasteiger partial charge in [0.1, 0.15) is 33.8 Å². The second-order valence-corrected chi connectivity index (χ2v) is 11.0. The van der Waals surface area contributed by atoms with Gasteiger partial charge in [0.05, 0.1) is 26.1 Å². The van der Waals surface area contributed by atoms with Crippen LogP contribution in [0.5, 0.6) is 17.5 Å². The molecule has 0 aromatic carbocycles. The van der Waals surface area contributed by atoms with Crippen LogP contribution < -0.4 is 24.8 Å². The minimum atomic E-state index is -3.09. The van der Waals surface area contributed by atoms with Crippen LogP contribution >= 0.6 is 0 Å². The number of rotatable bonds is 12. The highest BCUT2D eigenvalue weighted by atomic mass is 32.2. The fourth-order valence-electron chi connectivity index (χ4n) is 3.51. The summed E-state index contributed by atoms with van der Waals surface area (Å²) < 4.78 is 44.7. The summed E-state index contributed by atoms with van der Waals surface area (Å²) in [6, 6.07) is 3.40. The molecule has 1 aliphatic rings. The quantitative estimate of drug-likeness (QED) is 0.368. The standard InChI is InChI=1S/C23H34N6O8S/c1-15(2)35-23(30)37-29-11-8-16(9-12-29)36-22-19(33-3)20(25-14-26-22)27-17-6-7-18(28-21(17)34-4)24-10-13-38(5,31)32/h6-7,14-16H,8-13H2,1-5H3,(H,24,28)(H,25,26,27). The highest BCUT2D eigenvalue weighted by Gasteiger charge is 2.26. The first kappa shape index (κ1) is 29.0. The van der Waals surface area contributed by atoms with E-state index in [2.05, 4.69) is 25.6 Å². The Morgan fingerprint density at radius 3 is 2.50 bits per heavy atom. The number of aromatic nitrogens is 3. The number of carbonyl (C=O) groups is 1. The number of pyridine rings is 1. The largest absolute Gasteiger partial charge is 0.528 e. The number of hydrogen-bond acceptors (Lipinski definition) is 14. The molecule has 1 fully saturated rings. The number of nitrogens with one attached hydrogen (secondary N) is 2. The van der Waals surface area contributed by atoms with Crippen molar-refractivity contribution < 1.29 is 37.0 Å². The molecule has 38 heavy (non-hydrogen) atoms. The maximum Gasteiger partial charge on any atom is 0.528 e. The van der Waals surface area contributed by atoms with Crippen molar-refractivity contribution in [1.82, 2.24) is 20.0 Å². The molecule has 14 nitrogen and oxygen atoms in total. The molecule has 2 aromatic heterocycles. The van der Waals surface area contributed by atoms with Crippen molar-refractivity contribution in [2.24, 2.45) is 0 Å². The van der Waals surface area contributed by atoms with Gasteiger partial charge in [-0.1, -0.05) is 0 Å². The van der Waals surface area contributed by atoms with E-state index in [1.807, 2.05) is 0 Å². The van der Waals surface area contributed by atoms with Crippen LogP contribution in [0.15, 0.2) is 18.5 Å². The Morgan fingerprint density at radius 2 is 1.87 bits per heavy atom. The van der Waals surface area contributed by atoms with Gasteiger partial charge in [0, 0.05) is 38.7 Å². The van der Waals surface area contributed by atoms with E-state index in [0.29, 0.717) is 49.0 Å². The van der Waals surface area contributed by atoms with Gasteiger partial charge in [0.15, 0.2) is 5.82 Å². The second-order valence-electron chi connectivity index (χ2n) is 8.75. The van der Waals surface area contributed by atoms with E-state index in [4.69, 9.17) is 23.8 Å². The number of anilines is 3. The molecule has 15 heteroatoms. The second kappa shape index (κ2) is 13.3. The Bertz CT molecular complexity index is 1190. The van der Waals surface area contributed by atoms with Crippen LogP contribution in [-0.2, 0) is 19.4 Å². The van der Waals surface area contributed by atoms with Gasteiger partial charge < -0.3 is 34.4 Å². The molecule has 2 aromatic rings. The number of ether oxygens (including phenoxy) is 4. The van der Waals surface area contributed by atoms with Crippen LogP contribution in [0.1, 0.15) is 26.7 Å². The van der Waals surface area contributed by atoms with Gasteiger partial charge in [-0.25, -0.2) is 18.2 Å². The number of nitrogens with zero attached hydrogens (tertiary/aromatic N) is 4. The molecule has 210 valence electrons. The Hall–Kier alpha value is -3.59. The lowest BCUT2D eigenvalue weighted by atomic mass is 10.1. The van der Waals surface area contributed by atoms with Crippen LogP contribution in [0.3, 0.4) is 0 Å². The first-order valence-electron chi connectivity index (χ1n) is 12.0. The van der Waals surface area contributed by atoms with E-state index >= 15 is 0 Å². The lowest BCUT2D eigenvalue weighted by molar-refractivity contribution is -0.151. The van der Waals surface area contributed by atoms with Gasteiger partial charge in [-0.3, -0.25) is 0 Å². The van der Waals surface area contributed by atoms with Crippen molar-refractivity contribution in [1.29, 1.82) is 0 Å². The molecule has 0 spiro atoms. The van der Waals surface area contributed by atoms with Gasteiger partial charge in [-0.15, -0.1) is 5.06 Å². The summed E-state index contributed by atoms with van der Waals surface area (Å²) in [6.07, 6.45) is 2.55. The zero-order chi connectivity index (χ0) is 27.7. The molecule has 0 saturated carbocycles. The molecule has 3 heterocycles. The van der Waals surface area contributed by atoms with Crippen molar-refractivity contribution in [2.75, 3.05) is 56.5 Å². The maximum atomic E-state index is 11.7. The van der Waals surface area contributed by atoms with E-state index in [1.165, 1.54) is 26.8 Å². The van der Waals surface area contributed by atoms with E-state index in [0.717, 1.165) is 0 Å². The van der Waals surface area contributed by atoms with Gasteiger partial charge in [-0.2, -0.15) is 9.97 Å². The van der Waals surface area contributed by atoms with E-state index in [1.54, 1.807) is 31.0 Å².